The third-order valence-electron chi connectivity index (χ3n) is 3.41. The van der Waals surface area contributed by atoms with Gasteiger partial charge in [-0.05, 0) is 49.2 Å². The Balaban J connectivity index is 2.43. The molecule has 0 bridgehead atoms. The van der Waals surface area contributed by atoms with E-state index < -0.39 is 22.1 Å². The molecule has 0 aliphatic heterocycles. The molecule has 0 aliphatic rings. The second-order valence-corrected chi connectivity index (χ2v) is 7.39. The number of rotatable bonds is 5. The summed E-state index contributed by atoms with van der Waals surface area (Å²) < 4.78 is 69.1. The van der Waals surface area contributed by atoms with Gasteiger partial charge in [-0.1, -0.05) is 12.1 Å². The van der Waals surface area contributed by atoms with E-state index in [2.05, 4.69) is 14.8 Å². The van der Waals surface area contributed by atoms with Gasteiger partial charge in [0.15, 0.2) is 5.75 Å². The molecule has 0 radical (unpaired) electrons. The van der Waals surface area contributed by atoms with Gasteiger partial charge in [-0.3, -0.25) is 9.52 Å². The van der Waals surface area contributed by atoms with Crippen molar-refractivity contribution in [2.24, 2.45) is 0 Å². The zero-order chi connectivity index (χ0) is 20.4. The van der Waals surface area contributed by atoms with Crippen molar-refractivity contribution in [1.29, 1.82) is 0 Å². The maximum Gasteiger partial charge on any atom is 0.573 e. The van der Waals surface area contributed by atoms with E-state index in [1.165, 1.54) is 45.0 Å². The van der Waals surface area contributed by atoms with Crippen molar-refractivity contribution in [2.75, 3.05) is 10.0 Å². The maximum absolute atomic E-state index is 12.8. The lowest BCUT2D eigenvalue weighted by Gasteiger charge is -2.17. The van der Waals surface area contributed by atoms with Gasteiger partial charge >= 0.3 is 6.36 Å². The van der Waals surface area contributed by atoms with Crippen LogP contribution >= 0.6 is 0 Å². The van der Waals surface area contributed by atoms with E-state index in [1.807, 2.05) is 0 Å². The molecular weight excluding hydrogens is 385 g/mol. The summed E-state index contributed by atoms with van der Waals surface area (Å²) in [6, 6.07) is 7.75. The molecule has 146 valence electrons. The summed E-state index contributed by atoms with van der Waals surface area (Å²) in [5.74, 6) is -0.987. The molecule has 2 rings (SSSR count). The number of nitrogens with one attached hydrogen (secondary N) is 2. The largest absolute Gasteiger partial charge is 0.573 e. The molecule has 0 aliphatic carbocycles. The lowest BCUT2D eigenvalue weighted by Crippen LogP contribution is -2.20. The monoisotopic (exact) mass is 402 g/mol. The number of carbonyl (C=O) groups excluding carboxylic acids is 1. The van der Waals surface area contributed by atoms with Crippen LogP contribution in [-0.2, 0) is 14.8 Å². The van der Waals surface area contributed by atoms with Crippen molar-refractivity contribution in [3.8, 4) is 5.75 Å². The molecule has 1 amide bonds. The number of ether oxygens (including phenoxy) is 1. The van der Waals surface area contributed by atoms with Gasteiger partial charge in [-0.15, -0.1) is 13.2 Å². The number of sulfonamides is 1. The number of hydrogen-bond donors (Lipinski definition) is 2. The minimum Gasteiger partial charge on any atom is -0.404 e. The van der Waals surface area contributed by atoms with E-state index >= 15 is 0 Å². The lowest BCUT2D eigenvalue weighted by molar-refractivity contribution is -0.274. The second-order valence-electron chi connectivity index (χ2n) is 5.77. The van der Waals surface area contributed by atoms with Crippen LogP contribution in [0.3, 0.4) is 0 Å². The molecule has 0 saturated carbocycles. The van der Waals surface area contributed by atoms with Crippen LogP contribution in [0.15, 0.2) is 41.3 Å². The molecular formula is C17H17F3N2O4S. The molecule has 2 N–H and O–H groups in total. The smallest absolute Gasteiger partial charge is 0.404 e. The Labute approximate surface area is 154 Å². The van der Waals surface area contributed by atoms with Crippen molar-refractivity contribution in [1.82, 2.24) is 0 Å². The highest BCUT2D eigenvalue weighted by atomic mass is 32.2. The number of hydrogen-bond acceptors (Lipinski definition) is 4. The summed E-state index contributed by atoms with van der Waals surface area (Å²) in [7, 11) is -4.21. The fourth-order valence-corrected chi connectivity index (χ4v) is 4.14. The van der Waals surface area contributed by atoms with Gasteiger partial charge in [0.2, 0.25) is 5.91 Å². The summed E-state index contributed by atoms with van der Waals surface area (Å²) >= 11 is 0. The maximum atomic E-state index is 12.8. The number of alkyl halides is 3. The van der Waals surface area contributed by atoms with E-state index in [9.17, 15) is 26.4 Å². The summed E-state index contributed by atoms with van der Waals surface area (Å²) in [6.45, 7) is 4.35. The van der Waals surface area contributed by atoms with Crippen molar-refractivity contribution < 1.29 is 31.1 Å². The molecule has 0 spiro atoms. The van der Waals surface area contributed by atoms with Crippen LogP contribution in [0.5, 0.6) is 5.75 Å². The van der Waals surface area contributed by atoms with E-state index in [-0.39, 0.29) is 16.5 Å². The topological polar surface area (TPSA) is 84.5 Å². The number of carbonyl (C=O) groups is 1. The van der Waals surface area contributed by atoms with Gasteiger partial charge in [0, 0.05) is 12.6 Å². The van der Waals surface area contributed by atoms with Gasteiger partial charge in [0.05, 0.1) is 10.6 Å². The Hall–Kier alpha value is -2.75. The number of benzene rings is 2. The summed E-state index contributed by atoms with van der Waals surface area (Å²) in [5, 5.41) is 2.55. The first-order chi connectivity index (χ1) is 12.4. The highest BCUT2D eigenvalue weighted by Gasteiger charge is 2.33. The molecule has 10 heteroatoms. The van der Waals surface area contributed by atoms with Crippen LogP contribution in [0.25, 0.3) is 0 Å². The van der Waals surface area contributed by atoms with Crippen LogP contribution < -0.4 is 14.8 Å². The first-order valence-electron chi connectivity index (χ1n) is 7.65. The standard InChI is InChI=1S/C17H17F3N2O4S/c1-10-8-13(21-12(3)23)9-11(2)16(10)27(24,25)22-14-6-4-5-7-15(14)26-17(18,19)20/h4-9,22H,1-3H3,(H,21,23). The normalized spacial score (nSPS) is 11.8. The summed E-state index contributed by atoms with van der Waals surface area (Å²) in [5.41, 5.74) is 0.706. The van der Waals surface area contributed by atoms with Gasteiger partial charge in [-0.25, -0.2) is 8.42 Å². The third-order valence-corrected chi connectivity index (χ3v) is 5.08. The molecule has 27 heavy (non-hydrogen) atoms. The van der Waals surface area contributed by atoms with E-state index in [1.54, 1.807) is 0 Å². The molecule has 0 fully saturated rings. The zero-order valence-corrected chi connectivity index (χ0v) is 15.5. The fraction of sp³-hybridized carbons (Fsp3) is 0.235. The van der Waals surface area contributed by atoms with Crippen molar-refractivity contribution in [3.05, 3.63) is 47.5 Å². The van der Waals surface area contributed by atoms with Gasteiger partial charge in [0.25, 0.3) is 10.0 Å². The summed E-state index contributed by atoms with van der Waals surface area (Å²) in [4.78, 5) is 11.1. The Morgan fingerprint density at radius 1 is 1.07 bits per heavy atom. The first-order valence-corrected chi connectivity index (χ1v) is 9.14. The molecule has 2 aromatic rings. The van der Waals surface area contributed by atoms with E-state index in [0.29, 0.717) is 16.8 Å². The van der Waals surface area contributed by atoms with E-state index in [4.69, 9.17) is 0 Å². The first kappa shape index (κ1) is 20.6. The molecule has 0 atom stereocenters. The molecule has 6 nitrogen and oxygen atoms in total. The second kappa shape index (κ2) is 7.47. The quantitative estimate of drug-likeness (QED) is 0.793. The van der Waals surface area contributed by atoms with Gasteiger partial charge in [0.1, 0.15) is 0 Å². The highest BCUT2D eigenvalue weighted by molar-refractivity contribution is 7.92. The number of halogens is 3. The molecule has 2 aromatic carbocycles. The Morgan fingerprint density at radius 3 is 2.15 bits per heavy atom. The Kier molecular flexibility index (Phi) is 5.69. The van der Waals surface area contributed by atoms with E-state index in [0.717, 1.165) is 12.1 Å². The van der Waals surface area contributed by atoms with Crippen molar-refractivity contribution in [3.63, 3.8) is 0 Å². The third kappa shape index (κ3) is 5.36. The molecule has 0 aromatic heterocycles. The SMILES string of the molecule is CC(=O)Nc1cc(C)c(S(=O)(=O)Nc2ccccc2OC(F)(F)F)c(C)c1. The predicted octanol–water partition coefficient (Wildman–Crippen LogP) is 3.96. The summed E-state index contributed by atoms with van der Waals surface area (Å²) in [6.07, 6.45) is -4.96. The number of aryl methyl sites for hydroxylation is 2. The number of anilines is 2. The van der Waals surface area contributed by atoms with Crippen molar-refractivity contribution >= 4 is 27.3 Å². The van der Waals surface area contributed by atoms with Crippen LogP contribution in [-0.4, -0.2) is 20.7 Å². The average molecular weight is 402 g/mol. The van der Waals surface area contributed by atoms with Crippen LogP contribution in [0.2, 0.25) is 0 Å². The Bertz CT molecular complexity index is 949. The lowest BCUT2D eigenvalue weighted by atomic mass is 10.1. The fourth-order valence-electron chi connectivity index (χ4n) is 2.61. The number of amides is 1. The van der Waals surface area contributed by atoms with Crippen molar-refractivity contribution in [2.45, 2.75) is 32.0 Å². The average Bonchev–Trinajstić information content (AvgIpc) is 2.45. The molecule has 0 saturated heterocycles. The molecule has 0 heterocycles. The predicted molar refractivity (Wildman–Crippen MR) is 94.2 cm³/mol. The van der Waals surface area contributed by atoms with Crippen LogP contribution in [0.1, 0.15) is 18.1 Å². The minimum absolute atomic E-state index is 0.0987. The van der Waals surface area contributed by atoms with Gasteiger partial charge < -0.3 is 10.1 Å². The Morgan fingerprint density at radius 2 is 1.63 bits per heavy atom. The zero-order valence-electron chi connectivity index (χ0n) is 14.6. The van der Waals surface area contributed by atoms with Crippen LogP contribution in [0.4, 0.5) is 24.5 Å². The minimum atomic E-state index is -4.96. The van der Waals surface area contributed by atoms with Gasteiger partial charge in [-0.2, -0.15) is 0 Å². The highest BCUT2D eigenvalue weighted by Crippen LogP contribution is 2.33. The number of para-hydroxylation sites is 2. The van der Waals surface area contributed by atoms with Crippen LogP contribution in [0, 0.1) is 13.8 Å². The molecule has 0 unspecified atom stereocenters.